The van der Waals surface area contributed by atoms with E-state index in [9.17, 15) is 13.2 Å². The molecule has 0 saturated heterocycles. The molecule has 0 atom stereocenters. The maximum atomic E-state index is 11.9. The van der Waals surface area contributed by atoms with Gasteiger partial charge in [0.1, 0.15) is 11.6 Å². The second kappa shape index (κ2) is 5.99. The van der Waals surface area contributed by atoms with Crippen molar-refractivity contribution >= 4 is 11.3 Å². The SMILES string of the molecule is CC(C)(C)NCc1nc(COCC(F)(F)F)cs1. The van der Waals surface area contributed by atoms with Crippen LogP contribution >= 0.6 is 11.3 Å². The Labute approximate surface area is 108 Å². The van der Waals surface area contributed by atoms with Crippen molar-refractivity contribution in [3.05, 3.63) is 16.1 Å². The number of halogens is 3. The summed E-state index contributed by atoms with van der Waals surface area (Å²) in [5.41, 5.74) is 0.522. The lowest BCUT2D eigenvalue weighted by atomic mass is 10.1. The monoisotopic (exact) mass is 282 g/mol. The Morgan fingerprint density at radius 3 is 2.56 bits per heavy atom. The van der Waals surface area contributed by atoms with Gasteiger partial charge in [-0.2, -0.15) is 13.2 Å². The predicted molar refractivity (Wildman–Crippen MR) is 64.4 cm³/mol. The lowest BCUT2D eigenvalue weighted by Gasteiger charge is -2.19. The molecule has 104 valence electrons. The van der Waals surface area contributed by atoms with Gasteiger partial charge in [0.05, 0.1) is 12.3 Å². The van der Waals surface area contributed by atoms with Crippen LogP contribution in [0.1, 0.15) is 31.5 Å². The summed E-state index contributed by atoms with van der Waals surface area (Å²) in [6.07, 6.45) is -4.29. The average molecular weight is 282 g/mol. The molecule has 0 spiro atoms. The van der Waals surface area contributed by atoms with Crippen molar-refractivity contribution in [2.45, 2.75) is 45.6 Å². The van der Waals surface area contributed by atoms with Crippen molar-refractivity contribution in [3.63, 3.8) is 0 Å². The molecule has 0 aliphatic carbocycles. The van der Waals surface area contributed by atoms with Crippen LogP contribution in [0.4, 0.5) is 13.2 Å². The van der Waals surface area contributed by atoms with Gasteiger partial charge in [0.15, 0.2) is 0 Å². The number of aromatic nitrogens is 1. The summed E-state index contributed by atoms with van der Waals surface area (Å²) in [7, 11) is 0. The first-order valence-electron chi connectivity index (χ1n) is 5.48. The first-order chi connectivity index (χ1) is 8.16. The number of nitrogens with zero attached hydrogens (tertiary/aromatic N) is 1. The van der Waals surface area contributed by atoms with Crippen LogP contribution in [-0.4, -0.2) is 23.3 Å². The molecule has 1 aromatic rings. The summed E-state index contributed by atoms with van der Waals surface area (Å²) >= 11 is 1.41. The minimum atomic E-state index is -4.29. The van der Waals surface area contributed by atoms with Crippen molar-refractivity contribution in [2.75, 3.05) is 6.61 Å². The van der Waals surface area contributed by atoms with E-state index in [0.29, 0.717) is 12.2 Å². The maximum absolute atomic E-state index is 11.9. The van der Waals surface area contributed by atoms with Gasteiger partial charge < -0.3 is 10.1 Å². The molecule has 0 bridgehead atoms. The molecule has 0 aliphatic heterocycles. The van der Waals surface area contributed by atoms with E-state index in [1.54, 1.807) is 5.38 Å². The number of rotatable bonds is 5. The highest BCUT2D eigenvalue weighted by Crippen LogP contribution is 2.16. The molecular formula is C11H17F3N2OS. The van der Waals surface area contributed by atoms with Gasteiger partial charge in [0.2, 0.25) is 0 Å². The van der Waals surface area contributed by atoms with Crippen LogP contribution in [-0.2, 0) is 17.9 Å². The normalized spacial score (nSPS) is 13.0. The first-order valence-corrected chi connectivity index (χ1v) is 6.36. The van der Waals surface area contributed by atoms with Crippen LogP contribution in [0.2, 0.25) is 0 Å². The van der Waals surface area contributed by atoms with Gasteiger partial charge >= 0.3 is 6.18 Å². The molecule has 0 fully saturated rings. The standard InChI is InChI=1S/C11H17F3N2OS/c1-10(2,3)15-4-9-16-8(6-18-9)5-17-7-11(12,13)14/h6,15H,4-5,7H2,1-3H3. The summed E-state index contributed by atoms with van der Waals surface area (Å²) < 4.78 is 40.1. The molecule has 0 unspecified atom stereocenters. The number of hydrogen-bond acceptors (Lipinski definition) is 4. The quantitative estimate of drug-likeness (QED) is 0.901. The Balaban J connectivity index is 2.35. The lowest BCUT2D eigenvalue weighted by molar-refractivity contribution is -0.176. The topological polar surface area (TPSA) is 34.2 Å². The van der Waals surface area contributed by atoms with Crippen LogP contribution in [0.25, 0.3) is 0 Å². The van der Waals surface area contributed by atoms with Crippen LogP contribution in [0, 0.1) is 0 Å². The number of ether oxygens (including phenoxy) is 1. The molecular weight excluding hydrogens is 265 g/mol. The van der Waals surface area contributed by atoms with Gasteiger partial charge in [-0.05, 0) is 20.8 Å². The van der Waals surface area contributed by atoms with Crippen molar-refractivity contribution in [1.29, 1.82) is 0 Å². The van der Waals surface area contributed by atoms with Crippen LogP contribution in [0.3, 0.4) is 0 Å². The Bertz CT molecular complexity index is 371. The first kappa shape index (κ1) is 15.4. The van der Waals surface area contributed by atoms with Crippen molar-refractivity contribution in [1.82, 2.24) is 10.3 Å². The Hall–Kier alpha value is -0.660. The van der Waals surface area contributed by atoms with E-state index in [1.807, 2.05) is 20.8 Å². The van der Waals surface area contributed by atoms with Gasteiger partial charge in [-0.3, -0.25) is 0 Å². The van der Waals surface area contributed by atoms with Crippen LogP contribution in [0.5, 0.6) is 0 Å². The van der Waals surface area contributed by atoms with E-state index in [1.165, 1.54) is 11.3 Å². The van der Waals surface area contributed by atoms with E-state index in [-0.39, 0.29) is 12.1 Å². The third-order valence-electron chi connectivity index (χ3n) is 1.88. The highest BCUT2D eigenvalue weighted by atomic mass is 32.1. The average Bonchev–Trinajstić information content (AvgIpc) is 2.60. The molecule has 0 saturated carbocycles. The van der Waals surface area contributed by atoms with E-state index < -0.39 is 12.8 Å². The van der Waals surface area contributed by atoms with E-state index in [4.69, 9.17) is 0 Å². The van der Waals surface area contributed by atoms with Crippen LogP contribution in [0.15, 0.2) is 5.38 Å². The molecule has 0 radical (unpaired) electrons. The summed E-state index contributed by atoms with van der Waals surface area (Å²) in [5, 5.41) is 5.82. The second-order valence-electron chi connectivity index (χ2n) is 4.94. The fourth-order valence-electron chi connectivity index (χ4n) is 1.11. The summed E-state index contributed by atoms with van der Waals surface area (Å²) in [5.74, 6) is 0. The van der Waals surface area contributed by atoms with E-state index in [0.717, 1.165) is 5.01 Å². The fraction of sp³-hybridized carbons (Fsp3) is 0.727. The molecule has 3 nitrogen and oxygen atoms in total. The zero-order valence-electron chi connectivity index (χ0n) is 10.6. The number of hydrogen-bond donors (Lipinski definition) is 1. The zero-order chi connectivity index (χ0) is 13.8. The molecule has 0 aromatic carbocycles. The van der Waals surface area contributed by atoms with E-state index >= 15 is 0 Å². The van der Waals surface area contributed by atoms with Gasteiger partial charge in [-0.1, -0.05) is 0 Å². The number of nitrogens with one attached hydrogen (secondary N) is 1. The Morgan fingerprint density at radius 2 is 2.00 bits per heavy atom. The van der Waals surface area contributed by atoms with Gasteiger partial charge in [-0.15, -0.1) is 11.3 Å². The number of thiazole rings is 1. The van der Waals surface area contributed by atoms with Crippen LogP contribution < -0.4 is 5.32 Å². The highest BCUT2D eigenvalue weighted by Gasteiger charge is 2.27. The summed E-state index contributed by atoms with van der Waals surface area (Å²) in [4.78, 5) is 4.20. The molecule has 1 heterocycles. The second-order valence-corrected chi connectivity index (χ2v) is 5.89. The summed E-state index contributed by atoms with van der Waals surface area (Å²) in [6.45, 7) is 5.37. The molecule has 0 amide bonds. The minimum Gasteiger partial charge on any atom is -0.366 e. The number of alkyl halides is 3. The Kier molecular flexibility index (Phi) is 5.12. The summed E-state index contributed by atoms with van der Waals surface area (Å²) in [6, 6.07) is 0. The molecule has 1 N–H and O–H groups in total. The molecule has 18 heavy (non-hydrogen) atoms. The maximum Gasteiger partial charge on any atom is 0.411 e. The third-order valence-corrected chi connectivity index (χ3v) is 2.78. The third kappa shape index (κ3) is 6.93. The van der Waals surface area contributed by atoms with Gasteiger partial charge in [0, 0.05) is 17.5 Å². The molecule has 1 aromatic heterocycles. The van der Waals surface area contributed by atoms with Crippen molar-refractivity contribution in [3.8, 4) is 0 Å². The zero-order valence-corrected chi connectivity index (χ0v) is 11.4. The Morgan fingerprint density at radius 1 is 1.33 bits per heavy atom. The highest BCUT2D eigenvalue weighted by molar-refractivity contribution is 7.09. The fourth-order valence-corrected chi connectivity index (χ4v) is 1.83. The molecule has 0 aliphatic rings. The largest absolute Gasteiger partial charge is 0.411 e. The lowest BCUT2D eigenvalue weighted by Crippen LogP contribution is -2.35. The van der Waals surface area contributed by atoms with Gasteiger partial charge in [0.25, 0.3) is 0 Å². The smallest absolute Gasteiger partial charge is 0.366 e. The predicted octanol–water partition coefficient (Wildman–Crippen LogP) is 3.11. The van der Waals surface area contributed by atoms with Crippen molar-refractivity contribution in [2.24, 2.45) is 0 Å². The molecule has 1 rings (SSSR count). The molecule has 7 heteroatoms. The minimum absolute atomic E-state index is 0.0153. The van der Waals surface area contributed by atoms with E-state index in [2.05, 4.69) is 15.0 Å². The van der Waals surface area contributed by atoms with Gasteiger partial charge in [-0.25, -0.2) is 4.98 Å². The van der Waals surface area contributed by atoms with Crippen molar-refractivity contribution < 1.29 is 17.9 Å².